The van der Waals surface area contributed by atoms with Gasteiger partial charge in [0.15, 0.2) is 0 Å². The van der Waals surface area contributed by atoms with E-state index in [0.29, 0.717) is 36.3 Å². The highest BCUT2D eigenvalue weighted by Crippen LogP contribution is 2.23. The Hall–Kier alpha value is -5.60. The van der Waals surface area contributed by atoms with Gasteiger partial charge in [-0.3, -0.25) is 20.0 Å². The van der Waals surface area contributed by atoms with Gasteiger partial charge in [-0.15, -0.1) is 22.7 Å². The fraction of sp³-hybridized carbons (Fsp3) is 0.465. The minimum absolute atomic E-state index is 0.0599. The van der Waals surface area contributed by atoms with Gasteiger partial charge in [0.1, 0.15) is 12.6 Å². The number of carbonyl (C=O) groups excluding carboxylic acids is 4. The normalized spacial score (nSPS) is 15.6. The zero-order chi connectivity index (χ0) is 45.7. The lowest BCUT2D eigenvalue weighted by Crippen LogP contribution is -2.63. The van der Waals surface area contributed by atoms with E-state index in [1.165, 1.54) is 44.4 Å². The largest absolute Gasteiger partial charge is 0.448 e. The van der Waals surface area contributed by atoms with Crippen LogP contribution in [0.3, 0.4) is 0 Å². The molecule has 5 N–H and O–H groups in total. The number of rotatable bonds is 18. The number of nitrogens with zero attached hydrogens (tertiary/aromatic N) is 6. The molecule has 0 radical (unpaired) electrons. The first-order chi connectivity index (χ1) is 30.0. The van der Waals surface area contributed by atoms with Crippen molar-refractivity contribution >= 4 is 52.4 Å². The summed E-state index contributed by atoms with van der Waals surface area (Å²) in [4.78, 5) is 69.7. The molecule has 20 heteroatoms. The molecule has 1 aliphatic heterocycles. The number of hydrogen-bond acceptors (Lipinski definition) is 11. The zero-order valence-electron chi connectivity index (χ0n) is 35.7. The molecule has 1 saturated heterocycles. The van der Waals surface area contributed by atoms with E-state index in [1.807, 2.05) is 79.9 Å². The number of benzene rings is 2. The summed E-state index contributed by atoms with van der Waals surface area (Å²) >= 11 is 2.85. The van der Waals surface area contributed by atoms with Crippen LogP contribution in [0.4, 0.5) is 22.8 Å². The Morgan fingerprint density at radius 2 is 1.57 bits per heavy atom. The molecule has 5 amide bonds. The van der Waals surface area contributed by atoms with Crippen LogP contribution in [0.2, 0.25) is 0 Å². The van der Waals surface area contributed by atoms with E-state index in [2.05, 4.69) is 20.6 Å². The maximum atomic E-state index is 14.6. The van der Waals surface area contributed by atoms with Crippen LogP contribution in [0.25, 0.3) is 0 Å². The van der Waals surface area contributed by atoms with Crippen molar-refractivity contribution < 1.29 is 37.1 Å². The van der Waals surface area contributed by atoms with Crippen molar-refractivity contribution in [3.8, 4) is 0 Å². The van der Waals surface area contributed by atoms with Crippen LogP contribution in [0.15, 0.2) is 77.8 Å². The summed E-state index contributed by atoms with van der Waals surface area (Å²) in [6.07, 6.45) is -4.09. The van der Waals surface area contributed by atoms with Gasteiger partial charge in [-0.2, -0.15) is 13.2 Å². The SMILES string of the molecule is CC(C)c1nc(CN(C)C(=O)N(C)C(CC(=O)N2CCN(C(=N)C(F)(F)F)C(N)C2)C(=O)N[C@H](CC[C@H](Cc2ccccc2)NC(=O)OCc2cncs2)Cc2ccccc2)cs1. The number of ether oxygens (including phenoxy) is 1. The predicted octanol–water partition coefficient (Wildman–Crippen LogP) is 5.98. The number of amidine groups is 1. The van der Waals surface area contributed by atoms with Crippen LogP contribution in [0, 0.1) is 5.41 Å². The second-order valence-electron chi connectivity index (χ2n) is 15.8. The van der Waals surface area contributed by atoms with Gasteiger partial charge in [-0.1, -0.05) is 74.5 Å². The Balaban J connectivity index is 1.36. The summed E-state index contributed by atoms with van der Waals surface area (Å²) in [5.41, 5.74) is 10.3. The number of alkyl halides is 3. The molecule has 15 nitrogen and oxygen atoms in total. The molecular formula is C43H55F3N10O5S2. The van der Waals surface area contributed by atoms with Crippen LogP contribution in [0.5, 0.6) is 0 Å². The molecule has 3 heterocycles. The highest BCUT2D eigenvalue weighted by molar-refractivity contribution is 7.09. The molecule has 2 aromatic heterocycles. The number of likely N-dealkylation sites (N-methyl/N-ethyl adjacent to an activating group) is 1. The highest BCUT2D eigenvalue weighted by Gasteiger charge is 2.43. The second-order valence-corrected chi connectivity index (χ2v) is 17.7. The molecule has 1 fully saturated rings. The van der Waals surface area contributed by atoms with Crippen molar-refractivity contribution in [2.45, 2.75) is 95.5 Å². The Bertz CT molecular complexity index is 2110. The lowest BCUT2D eigenvalue weighted by Gasteiger charge is -2.41. The van der Waals surface area contributed by atoms with Crippen molar-refractivity contribution in [2.24, 2.45) is 5.73 Å². The molecule has 2 unspecified atom stereocenters. The van der Waals surface area contributed by atoms with Gasteiger partial charge < -0.3 is 40.7 Å². The standard InChI is InChI=1S/C43H55F3N10O5S2/c1-28(2)39-51-33(26-62-39)23-53(3)42(60)54(4)35(21-37(57)55-17-18-56(36(47)24-55)40(48)43(44,45)46)38(58)50-31(19-29-11-7-5-8-12-29)15-16-32(20-30-13-9-6-10-14-30)52-41(59)61-25-34-22-49-27-63-34/h5-14,22,26-28,31-32,35-36,48H,15-21,23-25,47H2,1-4H3,(H,50,58)(H,52,59)/t31-,32-,35?,36?/m1/s1. The summed E-state index contributed by atoms with van der Waals surface area (Å²) in [6.45, 7) is 3.37. The number of carbonyl (C=O) groups is 4. The van der Waals surface area contributed by atoms with Crippen LogP contribution in [-0.4, -0.2) is 124 Å². The van der Waals surface area contributed by atoms with Crippen molar-refractivity contribution in [2.75, 3.05) is 33.7 Å². The van der Waals surface area contributed by atoms with E-state index < -0.39 is 66.7 Å². The third-order valence-electron chi connectivity index (χ3n) is 10.6. The smallest absolute Gasteiger partial charge is 0.444 e. The first-order valence-electron chi connectivity index (χ1n) is 20.5. The Morgan fingerprint density at radius 3 is 2.11 bits per heavy atom. The van der Waals surface area contributed by atoms with Gasteiger partial charge in [0.25, 0.3) is 0 Å². The lowest BCUT2D eigenvalue weighted by molar-refractivity contribution is -0.138. The molecule has 1 aliphatic rings. The third kappa shape index (κ3) is 14.5. The minimum atomic E-state index is -4.92. The number of hydrogen-bond donors (Lipinski definition) is 4. The first-order valence-corrected chi connectivity index (χ1v) is 22.3. The number of urea groups is 1. The van der Waals surface area contributed by atoms with Crippen LogP contribution >= 0.6 is 22.7 Å². The lowest BCUT2D eigenvalue weighted by atomic mass is 9.95. The van der Waals surface area contributed by atoms with Gasteiger partial charge in [0, 0.05) is 56.8 Å². The van der Waals surface area contributed by atoms with E-state index in [-0.39, 0.29) is 38.7 Å². The predicted molar refractivity (Wildman–Crippen MR) is 235 cm³/mol. The van der Waals surface area contributed by atoms with Gasteiger partial charge in [0.2, 0.25) is 17.6 Å². The van der Waals surface area contributed by atoms with Crippen molar-refractivity contribution in [3.63, 3.8) is 0 Å². The fourth-order valence-electron chi connectivity index (χ4n) is 7.16. The number of nitrogens with one attached hydrogen (secondary N) is 3. The number of halogens is 3. The van der Waals surface area contributed by atoms with Crippen molar-refractivity contribution in [3.05, 3.63) is 104 Å². The number of alkyl carbamates (subject to hydrolysis) is 1. The molecule has 4 aromatic rings. The first kappa shape index (κ1) is 48.4. The van der Waals surface area contributed by atoms with Gasteiger partial charge in [-0.05, 0) is 36.8 Å². The summed E-state index contributed by atoms with van der Waals surface area (Å²) in [6, 6.07) is 16.2. The summed E-state index contributed by atoms with van der Waals surface area (Å²) < 4.78 is 45.6. The third-order valence-corrected chi connectivity index (χ3v) is 12.5. The fourth-order valence-corrected chi connectivity index (χ4v) is 8.49. The number of thiazole rings is 2. The molecule has 63 heavy (non-hydrogen) atoms. The molecule has 340 valence electrons. The molecule has 5 rings (SSSR count). The van der Waals surface area contributed by atoms with E-state index in [1.54, 1.807) is 18.8 Å². The quantitative estimate of drug-likeness (QED) is 0.0688. The zero-order valence-corrected chi connectivity index (χ0v) is 37.3. The van der Waals surface area contributed by atoms with Crippen LogP contribution < -0.4 is 16.4 Å². The van der Waals surface area contributed by atoms with E-state index in [0.717, 1.165) is 21.0 Å². The maximum Gasteiger partial charge on any atom is 0.448 e. The molecule has 0 spiro atoms. The number of aromatic nitrogens is 2. The second kappa shape index (κ2) is 22.7. The summed E-state index contributed by atoms with van der Waals surface area (Å²) in [5.74, 6) is -2.64. The van der Waals surface area contributed by atoms with E-state index >= 15 is 0 Å². The van der Waals surface area contributed by atoms with Crippen molar-refractivity contribution in [1.82, 2.24) is 40.2 Å². The van der Waals surface area contributed by atoms with Crippen LogP contribution in [-0.2, 0) is 40.3 Å². The maximum absolute atomic E-state index is 14.6. The summed E-state index contributed by atoms with van der Waals surface area (Å²) in [7, 11) is 2.99. The highest BCUT2D eigenvalue weighted by atomic mass is 32.1. The van der Waals surface area contributed by atoms with Crippen LogP contribution in [0.1, 0.15) is 65.7 Å². The number of piperazine rings is 1. The Kier molecular flexibility index (Phi) is 17.4. The molecule has 2 aromatic carbocycles. The summed E-state index contributed by atoms with van der Waals surface area (Å²) in [5, 5.41) is 16.4. The van der Waals surface area contributed by atoms with E-state index in [4.69, 9.17) is 15.9 Å². The van der Waals surface area contributed by atoms with Gasteiger partial charge in [-0.25, -0.2) is 14.6 Å². The average molecular weight is 913 g/mol. The minimum Gasteiger partial charge on any atom is -0.444 e. The number of nitrogens with two attached hydrogens (primary N) is 1. The Labute approximate surface area is 373 Å². The molecular weight excluding hydrogens is 858 g/mol. The molecule has 0 saturated carbocycles. The molecule has 0 bridgehead atoms. The molecule has 0 aliphatic carbocycles. The van der Waals surface area contributed by atoms with Crippen molar-refractivity contribution in [1.29, 1.82) is 5.41 Å². The average Bonchev–Trinajstić information content (AvgIpc) is 3.96. The number of amides is 5. The Morgan fingerprint density at radius 1 is 0.952 bits per heavy atom. The topological polar surface area (TPSA) is 190 Å². The van der Waals surface area contributed by atoms with Gasteiger partial charge >= 0.3 is 18.3 Å². The molecule has 4 atom stereocenters. The van der Waals surface area contributed by atoms with E-state index in [9.17, 15) is 32.3 Å². The van der Waals surface area contributed by atoms with Gasteiger partial charge in [0.05, 0.1) is 46.8 Å². The monoisotopic (exact) mass is 912 g/mol.